The van der Waals surface area contributed by atoms with Gasteiger partial charge in [0.1, 0.15) is 5.75 Å². The van der Waals surface area contributed by atoms with Gasteiger partial charge in [-0.15, -0.1) is 0 Å². The molecule has 0 aromatic heterocycles. The smallest absolute Gasteiger partial charge is 0.273 e. The van der Waals surface area contributed by atoms with Gasteiger partial charge in [-0.1, -0.05) is 17.7 Å². The van der Waals surface area contributed by atoms with Gasteiger partial charge >= 0.3 is 0 Å². The summed E-state index contributed by atoms with van der Waals surface area (Å²) in [6, 6.07) is 9.01. The minimum atomic E-state index is -0.537. The van der Waals surface area contributed by atoms with Crippen molar-refractivity contribution in [1.82, 2.24) is 0 Å². The summed E-state index contributed by atoms with van der Waals surface area (Å²) in [5.41, 5.74) is 1.46. The summed E-state index contributed by atoms with van der Waals surface area (Å²) in [4.78, 5) is 22.5. The van der Waals surface area contributed by atoms with Gasteiger partial charge in [-0.05, 0) is 30.7 Å². The number of nitro benzene ring substituents is 1. The molecule has 6 nitrogen and oxygen atoms in total. The van der Waals surface area contributed by atoms with Crippen LogP contribution >= 0.6 is 11.6 Å². The zero-order chi connectivity index (χ0) is 16.3. The molecule has 0 radical (unpaired) electrons. The Labute approximate surface area is 131 Å². The Bertz CT molecular complexity index is 746. The topological polar surface area (TPSA) is 81.5 Å². The van der Waals surface area contributed by atoms with Gasteiger partial charge in [0.15, 0.2) is 0 Å². The number of benzene rings is 2. The molecule has 0 unspecified atom stereocenters. The van der Waals surface area contributed by atoms with E-state index in [9.17, 15) is 14.9 Å². The van der Waals surface area contributed by atoms with Crippen LogP contribution in [0.1, 0.15) is 15.9 Å². The fraction of sp³-hybridized carbons (Fsp3) is 0.133. The highest BCUT2D eigenvalue weighted by atomic mass is 35.5. The van der Waals surface area contributed by atoms with E-state index in [0.717, 1.165) is 5.56 Å². The monoisotopic (exact) mass is 320 g/mol. The van der Waals surface area contributed by atoms with Crippen LogP contribution in [-0.4, -0.2) is 17.9 Å². The maximum absolute atomic E-state index is 12.2. The number of methoxy groups -OCH3 is 1. The summed E-state index contributed by atoms with van der Waals surface area (Å²) in [6.45, 7) is 1.87. The average molecular weight is 321 g/mol. The fourth-order valence-corrected chi connectivity index (χ4v) is 2.21. The molecule has 0 aliphatic rings. The molecule has 2 aromatic carbocycles. The standard InChI is InChI=1S/C15H13ClN2O4/c1-9-3-5-11(12(16)7-9)15(19)17-13-6-4-10(18(20)21)8-14(13)22-2/h3-8H,1-2H3,(H,17,19). The van der Waals surface area contributed by atoms with Crippen molar-refractivity contribution in [2.75, 3.05) is 12.4 Å². The van der Waals surface area contributed by atoms with Crippen LogP contribution in [0.25, 0.3) is 0 Å². The molecule has 0 fully saturated rings. The molecule has 0 aliphatic heterocycles. The first kappa shape index (κ1) is 15.8. The van der Waals surface area contributed by atoms with E-state index in [1.165, 1.54) is 25.3 Å². The summed E-state index contributed by atoms with van der Waals surface area (Å²) < 4.78 is 5.07. The first-order valence-corrected chi connectivity index (χ1v) is 6.70. The van der Waals surface area contributed by atoms with E-state index in [2.05, 4.69) is 5.32 Å². The molecule has 0 atom stereocenters. The highest BCUT2D eigenvalue weighted by Crippen LogP contribution is 2.30. The van der Waals surface area contributed by atoms with Gasteiger partial charge in [0.25, 0.3) is 11.6 Å². The first-order chi connectivity index (χ1) is 10.4. The first-order valence-electron chi connectivity index (χ1n) is 6.32. The van der Waals surface area contributed by atoms with Crippen LogP contribution in [0.4, 0.5) is 11.4 Å². The second-order valence-corrected chi connectivity index (χ2v) is 4.99. The zero-order valence-electron chi connectivity index (χ0n) is 11.9. The number of carbonyl (C=O) groups is 1. The number of halogens is 1. The Hall–Kier alpha value is -2.60. The highest BCUT2D eigenvalue weighted by Gasteiger charge is 2.16. The molecule has 0 aliphatic carbocycles. The molecule has 0 bridgehead atoms. The quantitative estimate of drug-likeness (QED) is 0.686. The Morgan fingerprint density at radius 1 is 1.27 bits per heavy atom. The number of hydrogen-bond donors (Lipinski definition) is 1. The molecule has 1 N–H and O–H groups in total. The average Bonchev–Trinajstić information content (AvgIpc) is 2.47. The second kappa shape index (κ2) is 6.44. The number of rotatable bonds is 4. The number of ether oxygens (including phenoxy) is 1. The molecule has 7 heteroatoms. The van der Waals surface area contributed by atoms with Crippen LogP contribution in [-0.2, 0) is 0 Å². The van der Waals surface area contributed by atoms with Gasteiger partial charge in [-0.2, -0.15) is 0 Å². The third-order valence-corrected chi connectivity index (χ3v) is 3.33. The largest absolute Gasteiger partial charge is 0.494 e. The van der Waals surface area contributed by atoms with E-state index in [0.29, 0.717) is 16.3 Å². The van der Waals surface area contributed by atoms with Crippen molar-refractivity contribution >= 4 is 28.9 Å². The molecule has 22 heavy (non-hydrogen) atoms. The van der Waals surface area contributed by atoms with Gasteiger partial charge in [0, 0.05) is 6.07 Å². The Morgan fingerprint density at radius 3 is 2.59 bits per heavy atom. The number of aryl methyl sites for hydroxylation is 1. The fourth-order valence-electron chi connectivity index (χ4n) is 1.89. The number of carbonyl (C=O) groups excluding carboxylic acids is 1. The molecule has 0 heterocycles. The maximum atomic E-state index is 12.2. The number of anilines is 1. The maximum Gasteiger partial charge on any atom is 0.273 e. The summed E-state index contributed by atoms with van der Waals surface area (Å²) in [7, 11) is 1.37. The lowest BCUT2D eigenvalue weighted by molar-refractivity contribution is -0.384. The van der Waals surface area contributed by atoms with Crippen molar-refractivity contribution in [2.45, 2.75) is 6.92 Å². The van der Waals surface area contributed by atoms with Crippen molar-refractivity contribution in [3.63, 3.8) is 0 Å². The second-order valence-electron chi connectivity index (χ2n) is 4.58. The summed E-state index contributed by atoms with van der Waals surface area (Å²) >= 11 is 6.05. The lowest BCUT2D eigenvalue weighted by Crippen LogP contribution is -2.13. The highest BCUT2D eigenvalue weighted by molar-refractivity contribution is 6.34. The molecule has 2 rings (SSSR count). The lowest BCUT2D eigenvalue weighted by atomic mass is 10.1. The number of nitrogens with zero attached hydrogens (tertiary/aromatic N) is 1. The van der Waals surface area contributed by atoms with Crippen molar-refractivity contribution in [1.29, 1.82) is 0 Å². The predicted octanol–water partition coefficient (Wildman–Crippen LogP) is 3.82. The number of nitrogens with one attached hydrogen (secondary N) is 1. The van der Waals surface area contributed by atoms with Gasteiger partial charge in [-0.25, -0.2) is 0 Å². The Kier molecular flexibility index (Phi) is 4.62. The van der Waals surface area contributed by atoms with Gasteiger partial charge in [-0.3, -0.25) is 14.9 Å². The summed E-state index contributed by atoms with van der Waals surface area (Å²) in [5.74, 6) is -0.220. The van der Waals surface area contributed by atoms with E-state index in [4.69, 9.17) is 16.3 Å². The van der Waals surface area contributed by atoms with Crippen LogP contribution in [0.2, 0.25) is 5.02 Å². The van der Waals surface area contributed by atoms with E-state index < -0.39 is 10.8 Å². The minimum Gasteiger partial charge on any atom is -0.494 e. The van der Waals surface area contributed by atoms with Gasteiger partial charge < -0.3 is 10.1 Å². The number of non-ortho nitro benzene ring substituents is 1. The molecular weight excluding hydrogens is 308 g/mol. The zero-order valence-corrected chi connectivity index (χ0v) is 12.7. The lowest BCUT2D eigenvalue weighted by Gasteiger charge is -2.11. The Morgan fingerprint density at radius 2 is 2.00 bits per heavy atom. The third-order valence-electron chi connectivity index (χ3n) is 3.01. The molecule has 0 spiro atoms. The van der Waals surface area contributed by atoms with Crippen molar-refractivity contribution in [2.24, 2.45) is 0 Å². The SMILES string of the molecule is COc1cc([N+](=O)[O-])ccc1NC(=O)c1ccc(C)cc1Cl. The molecule has 114 valence electrons. The number of amides is 1. The van der Waals surface area contributed by atoms with E-state index in [1.807, 2.05) is 6.92 Å². The van der Waals surface area contributed by atoms with Gasteiger partial charge in [0.2, 0.25) is 0 Å². The van der Waals surface area contributed by atoms with Crippen LogP contribution < -0.4 is 10.1 Å². The van der Waals surface area contributed by atoms with Crippen molar-refractivity contribution < 1.29 is 14.5 Å². The van der Waals surface area contributed by atoms with Crippen LogP contribution in [0.15, 0.2) is 36.4 Å². The summed E-state index contributed by atoms with van der Waals surface area (Å²) in [6.07, 6.45) is 0. The van der Waals surface area contributed by atoms with Crippen LogP contribution in [0.5, 0.6) is 5.75 Å². The minimum absolute atomic E-state index is 0.122. The van der Waals surface area contributed by atoms with E-state index in [1.54, 1.807) is 18.2 Å². The molecular formula is C15H13ClN2O4. The van der Waals surface area contributed by atoms with Crippen LogP contribution in [0.3, 0.4) is 0 Å². The normalized spacial score (nSPS) is 10.1. The van der Waals surface area contributed by atoms with E-state index in [-0.39, 0.29) is 11.4 Å². The summed E-state index contributed by atoms with van der Waals surface area (Å²) in [5, 5.41) is 13.7. The predicted molar refractivity (Wildman–Crippen MR) is 83.8 cm³/mol. The van der Waals surface area contributed by atoms with Crippen LogP contribution in [0, 0.1) is 17.0 Å². The van der Waals surface area contributed by atoms with Gasteiger partial charge in [0.05, 0.1) is 34.4 Å². The molecule has 2 aromatic rings. The molecule has 1 amide bonds. The van der Waals surface area contributed by atoms with E-state index >= 15 is 0 Å². The van der Waals surface area contributed by atoms with Crippen molar-refractivity contribution in [3.8, 4) is 5.75 Å². The number of nitro groups is 1. The van der Waals surface area contributed by atoms with Crippen molar-refractivity contribution in [3.05, 3.63) is 62.7 Å². The molecule has 0 saturated heterocycles. The number of hydrogen-bond acceptors (Lipinski definition) is 4. The molecule has 0 saturated carbocycles. The third kappa shape index (κ3) is 3.35. The Balaban J connectivity index is 2.30.